The van der Waals surface area contributed by atoms with Crippen LogP contribution in [0.15, 0.2) is 60.9 Å². The maximum absolute atomic E-state index is 11.9. The van der Waals surface area contributed by atoms with Crippen LogP contribution in [0.4, 0.5) is 0 Å². The smallest absolute Gasteiger partial charge is 0.328 e. The van der Waals surface area contributed by atoms with E-state index in [1.165, 1.54) is 18.3 Å². The summed E-state index contributed by atoms with van der Waals surface area (Å²) < 4.78 is 0. The van der Waals surface area contributed by atoms with Gasteiger partial charge in [0.1, 0.15) is 0 Å². The summed E-state index contributed by atoms with van der Waals surface area (Å²) in [6.07, 6.45) is 8.92. The Morgan fingerprint density at radius 2 is 1.57 bits per heavy atom. The third-order valence-corrected chi connectivity index (χ3v) is 2.73. The van der Waals surface area contributed by atoms with Gasteiger partial charge in [0, 0.05) is 24.0 Å². The first-order valence-electron chi connectivity index (χ1n) is 6.29. The van der Waals surface area contributed by atoms with E-state index in [1.54, 1.807) is 36.5 Å². The van der Waals surface area contributed by atoms with Crippen molar-refractivity contribution in [3.8, 4) is 0 Å². The number of ketones is 1. The molecule has 104 valence electrons. The van der Waals surface area contributed by atoms with Crippen LogP contribution in [-0.2, 0) is 4.79 Å². The average molecular weight is 279 g/mol. The van der Waals surface area contributed by atoms with Gasteiger partial charge in [-0.2, -0.15) is 0 Å². The largest absolute Gasteiger partial charge is 0.478 e. The summed E-state index contributed by atoms with van der Waals surface area (Å²) in [4.78, 5) is 26.2. The highest BCUT2D eigenvalue weighted by molar-refractivity contribution is 6.06. The van der Waals surface area contributed by atoms with Gasteiger partial charge in [-0.3, -0.25) is 9.78 Å². The van der Waals surface area contributed by atoms with Gasteiger partial charge in [0.25, 0.3) is 0 Å². The van der Waals surface area contributed by atoms with Crippen LogP contribution in [0.3, 0.4) is 0 Å². The van der Waals surface area contributed by atoms with Crippen molar-refractivity contribution in [2.75, 3.05) is 0 Å². The minimum atomic E-state index is -0.985. The number of nitrogens with zero attached hydrogens (tertiary/aromatic N) is 1. The van der Waals surface area contributed by atoms with E-state index in [2.05, 4.69) is 4.98 Å². The number of aliphatic carboxylic acids is 1. The number of carbonyl (C=O) groups excluding carboxylic acids is 1. The van der Waals surface area contributed by atoms with Crippen molar-refractivity contribution in [2.45, 2.75) is 0 Å². The van der Waals surface area contributed by atoms with Crippen molar-refractivity contribution < 1.29 is 14.7 Å². The predicted octanol–water partition coefficient (Wildman–Crippen LogP) is 3.08. The van der Waals surface area contributed by atoms with Crippen molar-refractivity contribution in [2.24, 2.45) is 0 Å². The van der Waals surface area contributed by atoms with E-state index < -0.39 is 5.97 Å². The molecule has 0 spiro atoms. The van der Waals surface area contributed by atoms with E-state index in [-0.39, 0.29) is 5.78 Å². The first kappa shape index (κ1) is 14.4. The third kappa shape index (κ3) is 4.54. The van der Waals surface area contributed by atoms with E-state index in [9.17, 15) is 9.59 Å². The molecule has 4 nitrogen and oxygen atoms in total. The lowest BCUT2D eigenvalue weighted by Crippen LogP contribution is -1.93. The Morgan fingerprint density at radius 1 is 0.952 bits per heavy atom. The number of benzene rings is 1. The molecule has 0 saturated carbocycles. The number of carboxylic acids is 1. The number of rotatable bonds is 5. The van der Waals surface area contributed by atoms with E-state index in [4.69, 9.17) is 5.11 Å². The molecular weight excluding hydrogens is 266 g/mol. The van der Waals surface area contributed by atoms with Gasteiger partial charge in [-0.25, -0.2) is 4.79 Å². The molecule has 0 fully saturated rings. The van der Waals surface area contributed by atoms with Crippen molar-refractivity contribution >= 4 is 23.9 Å². The van der Waals surface area contributed by atoms with Gasteiger partial charge < -0.3 is 5.11 Å². The molecular formula is C17H13NO3. The number of carbonyl (C=O) groups is 2. The Balaban J connectivity index is 2.05. The SMILES string of the molecule is O=C(O)C=Cc1ccc(C=CC(=O)c2cccnc2)cc1. The fourth-order valence-corrected chi connectivity index (χ4v) is 1.66. The van der Waals surface area contributed by atoms with Gasteiger partial charge >= 0.3 is 5.97 Å². The van der Waals surface area contributed by atoms with Crippen LogP contribution in [0.25, 0.3) is 12.2 Å². The molecule has 0 atom stereocenters. The Labute approximate surface area is 122 Å². The summed E-state index contributed by atoms with van der Waals surface area (Å²) in [5, 5.41) is 8.54. The number of hydrogen-bond acceptors (Lipinski definition) is 3. The minimum absolute atomic E-state index is 0.113. The molecule has 0 radical (unpaired) electrons. The summed E-state index contributed by atoms with van der Waals surface area (Å²) in [7, 11) is 0. The van der Waals surface area contributed by atoms with Crippen LogP contribution in [0.5, 0.6) is 0 Å². The monoisotopic (exact) mass is 279 g/mol. The highest BCUT2D eigenvalue weighted by atomic mass is 16.4. The second-order valence-electron chi connectivity index (χ2n) is 4.28. The predicted molar refractivity (Wildman–Crippen MR) is 80.7 cm³/mol. The van der Waals surface area contributed by atoms with Crippen molar-refractivity contribution in [1.82, 2.24) is 4.98 Å². The Morgan fingerprint density at radius 3 is 2.10 bits per heavy atom. The molecule has 0 saturated heterocycles. The maximum atomic E-state index is 11.9. The zero-order chi connectivity index (χ0) is 15.1. The molecule has 2 aromatic rings. The van der Waals surface area contributed by atoms with Crippen LogP contribution in [0.2, 0.25) is 0 Å². The minimum Gasteiger partial charge on any atom is -0.478 e. The zero-order valence-corrected chi connectivity index (χ0v) is 11.1. The lowest BCUT2D eigenvalue weighted by atomic mass is 10.1. The van der Waals surface area contributed by atoms with Gasteiger partial charge in [-0.15, -0.1) is 0 Å². The third-order valence-electron chi connectivity index (χ3n) is 2.73. The quantitative estimate of drug-likeness (QED) is 0.674. The standard InChI is InChI=1S/C17H13NO3/c19-16(15-2-1-11-18-12-15)9-7-13-3-5-14(6-4-13)8-10-17(20)21/h1-12H,(H,20,21). The first-order valence-corrected chi connectivity index (χ1v) is 6.29. The number of hydrogen-bond donors (Lipinski definition) is 1. The van der Waals surface area contributed by atoms with Gasteiger partial charge in [0.05, 0.1) is 0 Å². The zero-order valence-electron chi connectivity index (χ0n) is 11.1. The average Bonchev–Trinajstić information content (AvgIpc) is 2.52. The van der Waals surface area contributed by atoms with Crippen molar-refractivity contribution in [3.05, 3.63) is 77.6 Å². The highest BCUT2D eigenvalue weighted by Gasteiger charge is 2.00. The first-order chi connectivity index (χ1) is 10.1. The molecule has 0 unspecified atom stereocenters. The van der Waals surface area contributed by atoms with Crippen LogP contribution >= 0.6 is 0 Å². The van der Waals surface area contributed by atoms with Crippen molar-refractivity contribution in [3.63, 3.8) is 0 Å². The van der Waals surface area contributed by atoms with E-state index >= 15 is 0 Å². The summed E-state index contributed by atoms with van der Waals surface area (Å²) in [6.45, 7) is 0. The van der Waals surface area contributed by atoms with Gasteiger partial charge in [-0.05, 0) is 35.4 Å². The Bertz CT molecular complexity index is 686. The van der Waals surface area contributed by atoms with E-state index in [1.807, 2.05) is 12.1 Å². The molecule has 0 amide bonds. The number of allylic oxidation sites excluding steroid dienone is 1. The van der Waals surface area contributed by atoms with E-state index in [0.717, 1.165) is 17.2 Å². The summed E-state index contributed by atoms with van der Waals surface area (Å²) in [6, 6.07) is 10.6. The molecule has 1 aromatic heterocycles. The molecule has 21 heavy (non-hydrogen) atoms. The van der Waals surface area contributed by atoms with E-state index in [0.29, 0.717) is 5.56 Å². The molecule has 0 aliphatic carbocycles. The number of pyridine rings is 1. The van der Waals surface area contributed by atoms with Crippen LogP contribution in [0, 0.1) is 0 Å². The summed E-state index contributed by atoms with van der Waals surface area (Å²) >= 11 is 0. The second kappa shape index (κ2) is 6.96. The Kier molecular flexibility index (Phi) is 4.77. The molecule has 1 heterocycles. The highest BCUT2D eigenvalue weighted by Crippen LogP contribution is 2.09. The summed E-state index contributed by atoms with van der Waals surface area (Å²) in [5.41, 5.74) is 2.18. The number of carboxylic acid groups (broad SMARTS) is 1. The molecule has 0 aliphatic rings. The lowest BCUT2D eigenvalue weighted by Gasteiger charge is -1.96. The fourth-order valence-electron chi connectivity index (χ4n) is 1.66. The summed E-state index contributed by atoms with van der Waals surface area (Å²) in [5.74, 6) is -1.10. The van der Waals surface area contributed by atoms with Gasteiger partial charge in [0.2, 0.25) is 0 Å². The Hall–Kier alpha value is -3.01. The number of aromatic nitrogens is 1. The maximum Gasteiger partial charge on any atom is 0.328 e. The lowest BCUT2D eigenvalue weighted by molar-refractivity contribution is -0.131. The second-order valence-corrected chi connectivity index (χ2v) is 4.28. The molecule has 1 N–H and O–H groups in total. The molecule has 1 aromatic carbocycles. The normalized spacial score (nSPS) is 11.0. The molecule has 0 bridgehead atoms. The molecule has 4 heteroatoms. The fraction of sp³-hybridized carbons (Fsp3) is 0. The molecule has 0 aliphatic heterocycles. The van der Waals surface area contributed by atoms with Crippen molar-refractivity contribution in [1.29, 1.82) is 0 Å². The topological polar surface area (TPSA) is 67.3 Å². The van der Waals surface area contributed by atoms with Crippen LogP contribution in [-0.4, -0.2) is 21.8 Å². The molecule has 2 rings (SSSR count). The van der Waals surface area contributed by atoms with Crippen LogP contribution < -0.4 is 0 Å². The van der Waals surface area contributed by atoms with Gasteiger partial charge in [-0.1, -0.05) is 30.3 Å². The van der Waals surface area contributed by atoms with Crippen LogP contribution in [0.1, 0.15) is 21.5 Å². The van der Waals surface area contributed by atoms with Gasteiger partial charge in [0.15, 0.2) is 5.78 Å².